The van der Waals surface area contributed by atoms with E-state index >= 15 is 0 Å². The van der Waals surface area contributed by atoms with Crippen LogP contribution in [-0.4, -0.2) is 13.7 Å². The van der Waals surface area contributed by atoms with E-state index in [0.29, 0.717) is 44.7 Å². The summed E-state index contributed by atoms with van der Waals surface area (Å²) < 4.78 is 11.4. The number of hydrogen-bond donors (Lipinski definition) is 1. The van der Waals surface area contributed by atoms with Gasteiger partial charge in [-0.1, -0.05) is 64.6 Å². The van der Waals surface area contributed by atoms with Crippen molar-refractivity contribution in [3.05, 3.63) is 91.4 Å². The minimum absolute atomic E-state index is 0. The Kier molecular flexibility index (Phi) is 10.6. The van der Waals surface area contributed by atoms with Gasteiger partial charge in [-0.25, -0.2) is 0 Å². The zero-order valence-corrected chi connectivity index (χ0v) is 20.6. The predicted octanol–water partition coefficient (Wildman–Crippen LogP) is 7.64. The fraction of sp³-hybridized carbons (Fsp3) is 0.217. The Morgan fingerprint density at radius 1 is 0.806 bits per heavy atom. The minimum atomic E-state index is 0. The number of rotatable bonds is 9. The Hall–Kier alpha value is -1.33. The van der Waals surface area contributed by atoms with Crippen LogP contribution in [0.2, 0.25) is 20.1 Å². The highest BCUT2D eigenvalue weighted by molar-refractivity contribution is 6.35. The zero-order chi connectivity index (χ0) is 21.5. The monoisotopic (exact) mass is 519 g/mol. The third-order valence-electron chi connectivity index (χ3n) is 4.50. The summed E-state index contributed by atoms with van der Waals surface area (Å²) in [4.78, 5) is 0. The van der Waals surface area contributed by atoms with Crippen LogP contribution in [0.15, 0.2) is 54.6 Å². The fourth-order valence-electron chi connectivity index (χ4n) is 2.93. The number of benzene rings is 3. The molecule has 166 valence electrons. The van der Waals surface area contributed by atoms with Crippen LogP contribution in [0.4, 0.5) is 0 Å². The van der Waals surface area contributed by atoms with Gasteiger partial charge in [-0.15, -0.1) is 12.4 Å². The van der Waals surface area contributed by atoms with Crippen molar-refractivity contribution in [1.82, 2.24) is 5.32 Å². The molecule has 0 aliphatic heterocycles. The topological polar surface area (TPSA) is 30.5 Å². The second-order valence-corrected chi connectivity index (χ2v) is 8.37. The molecule has 3 nitrogen and oxygen atoms in total. The molecule has 0 amide bonds. The van der Waals surface area contributed by atoms with E-state index in [9.17, 15) is 0 Å². The maximum Gasteiger partial charge on any atom is 0.180 e. The number of nitrogens with one attached hydrogen (secondary N) is 1. The summed E-state index contributed by atoms with van der Waals surface area (Å²) in [5.41, 5.74) is 3.04. The van der Waals surface area contributed by atoms with E-state index < -0.39 is 0 Å². The minimum Gasteiger partial charge on any atom is -0.493 e. The van der Waals surface area contributed by atoms with Crippen LogP contribution >= 0.6 is 58.8 Å². The maximum atomic E-state index is 6.47. The van der Waals surface area contributed by atoms with Gasteiger partial charge in [0.2, 0.25) is 0 Å². The van der Waals surface area contributed by atoms with Crippen molar-refractivity contribution in [3.63, 3.8) is 0 Å². The van der Waals surface area contributed by atoms with Crippen molar-refractivity contribution in [2.75, 3.05) is 13.7 Å². The van der Waals surface area contributed by atoms with E-state index in [1.165, 1.54) is 0 Å². The molecule has 0 saturated heterocycles. The Bertz CT molecular complexity index is 996. The third kappa shape index (κ3) is 7.64. The summed E-state index contributed by atoms with van der Waals surface area (Å²) in [5, 5.41) is 5.89. The predicted molar refractivity (Wildman–Crippen MR) is 133 cm³/mol. The van der Waals surface area contributed by atoms with Crippen molar-refractivity contribution >= 4 is 58.8 Å². The van der Waals surface area contributed by atoms with Crippen LogP contribution in [0.5, 0.6) is 11.5 Å². The average Bonchev–Trinajstić information content (AvgIpc) is 2.72. The molecule has 1 N–H and O–H groups in total. The van der Waals surface area contributed by atoms with Gasteiger partial charge in [0.05, 0.1) is 12.1 Å². The molecule has 0 aromatic heterocycles. The van der Waals surface area contributed by atoms with Crippen molar-refractivity contribution < 1.29 is 9.47 Å². The molecule has 0 aliphatic carbocycles. The molecule has 3 aromatic carbocycles. The Balaban J connectivity index is 0.00000341. The number of methoxy groups -OCH3 is 1. The van der Waals surface area contributed by atoms with Crippen LogP contribution in [0.3, 0.4) is 0 Å². The van der Waals surface area contributed by atoms with Crippen LogP contribution in [0.1, 0.15) is 16.7 Å². The summed E-state index contributed by atoms with van der Waals surface area (Å²) in [6.45, 7) is 1.77. The van der Waals surface area contributed by atoms with Crippen LogP contribution in [0.25, 0.3) is 0 Å². The molecule has 3 rings (SSSR count). The first kappa shape index (κ1) is 25.9. The quantitative estimate of drug-likeness (QED) is 0.294. The maximum absolute atomic E-state index is 6.47. The van der Waals surface area contributed by atoms with Crippen molar-refractivity contribution in [2.45, 2.75) is 19.6 Å². The smallest absolute Gasteiger partial charge is 0.180 e. The standard InChI is InChI=1S/C23H21Cl4NO2.ClH/c1-29-22-11-16(13-28-9-8-17-4-7-19(25)12-20(17)26)10-21(27)23(22)30-14-15-2-5-18(24)6-3-15;/h2-7,10-12,28H,8-9,13-14H2,1H3;1H. The molecule has 0 saturated carbocycles. The lowest BCUT2D eigenvalue weighted by atomic mass is 10.1. The van der Waals surface area contributed by atoms with Gasteiger partial charge in [0.1, 0.15) is 6.61 Å². The van der Waals surface area contributed by atoms with Gasteiger partial charge in [0.15, 0.2) is 11.5 Å². The van der Waals surface area contributed by atoms with Gasteiger partial charge in [0.25, 0.3) is 0 Å². The van der Waals surface area contributed by atoms with Crippen LogP contribution in [-0.2, 0) is 19.6 Å². The Morgan fingerprint density at radius 3 is 2.19 bits per heavy atom. The summed E-state index contributed by atoms with van der Waals surface area (Å²) in [7, 11) is 1.60. The van der Waals surface area contributed by atoms with E-state index in [0.717, 1.165) is 29.7 Å². The van der Waals surface area contributed by atoms with Crippen LogP contribution in [0, 0.1) is 0 Å². The summed E-state index contributed by atoms with van der Waals surface area (Å²) in [6.07, 6.45) is 0.795. The van der Waals surface area contributed by atoms with Gasteiger partial charge in [-0.05, 0) is 66.1 Å². The molecular formula is C23H22Cl5NO2. The van der Waals surface area contributed by atoms with Crippen molar-refractivity contribution in [1.29, 1.82) is 0 Å². The fourth-order valence-corrected chi connectivity index (χ4v) is 3.85. The normalized spacial score (nSPS) is 10.5. The number of halogens is 5. The highest BCUT2D eigenvalue weighted by Crippen LogP contribution is 2.37. The lowest BCUT2D eigenvalue weighted by Gasteiger charge is -2.15. The van der Waals surface area contributed by atoms with Gasteiger partial charge in [-0.2, -0.15) is 0 Å². The molecule has 31 heavy (non-hydrogen) atoms. The first-order chi connectivity index (χ1) is 14.5. The molecule has 0 aliphatic rings. The Labute approximate surface area is 209 Å². The molecule has 0 unspecified atom stereocenters. The van der Waals surface area contributed by atoms with E-state index in [-0.39, 0.29) is 12.4 Å². The summed E-state index contributed by atoms with van der Waals surface area (Å²) in [5.74, 6) is 1.11. The average molecular weight is 522 g/mol. The van der Waals surface area contributed by atoms with Crippen molar-refractivity contribution in [3.8, 4) is 11.5 Å². The van der Waals surface area contributed by atoms with Gasteiger partial charge in [-0.3, -0.25) is 0 Å². The third-order valence-corrected chi connectivity index (χ3v) is 5.62. The second-order valence-electron chi connectivity index (χ2n) is 6.69. The lowest BCUT2D eigenvalue weighted by Crippen LogP contribution is -2.17. The highest BCUT2D eigenvalue weighted by atomic mass is 35.5. The molecule has 0 heterocycles. The van der Waals surface area contributed by atoms with Gasteiger partial charge < -0.3 is 14.8 Å². The molecular weight excluding hydrogens is 500 g/mol. The number of hydrogen-bond acceptors (Lipinski definition) is 3. The molecule has 3 aromatic rings. The summed E-state index contributed by atoms with van der Waals surface area (Å²) >= 11 is 24.5. The van der Waals surface area contributed by atoms with Crippen molar-refractivity contribution in [2.24, 2.45) is 0 Å². The van der Waals surface area contributed by atoms with Gasteiger partial charge in [0, 0.05) is 21.6 Å². The molecule has 0 spiro atoms. The molecule has 0 radical (unpaired) electrons. The Morgan fingerprint density at radius 2 is 1.52 bits per heavy atom. The first-order valence-electron chi connectivity index (χ1n) is 9.34. The van der Waals surface area contributed by atoms with E-state index in [2.05, 4.69) is 5.32 Å². The van der Waals surface area contributed by atoms with E-state index in [1.54, 1.807) is 13.2 Å². The largest absolute Gasteiger partial charge is 0.493 e. The highest BCUT2D eigenvalue weighted by Gasteiger charge is 2.12. The van der Waals surface area contributed by atoms with E-state index in [4.69, 9.17) is 55.9 Å². The van der Waals surface area contributed by atoms with Crippen LogP contribution < -0.4 is 14.8 Å². The SMILES string of the molecule is COc1cc(CNCCc2ccc(Cl)cc2Cl)cc(Cl)c1OCc1ccc(Cl)cc1.Cl. The number of ether oxygens (including phenoxy) is 2. The molecule has 8 heteroatoms. The molecule has 0 bridgehead atoms. The zero-order valence-electron chi connectivity index (χ0n) is 16.8. The molecule has 0 atom stereocenters. The summed E-state index contributed by atoms with van der Waals surface area (Å²) in [6, 6.07) is 16.8. The lowest BCUT2D eigenvalue weighted by molar-refractivity contribution is 0.284. The second kappa shape index (κ2) is 12.6. The molecule has 0 fully saturated rings. The first-order valence-corrected chi connectivity index (χ1v) is 10.9. The van der Waals surface area contributed by atoms with Gasteiger partial charge >= 0.3 is 0 Å². The van der Waals surface area contributed by atoms with E-state index in [1.807, 2.05) is 48.5 Å².